The van der Waals surface area contributed by atoms with Gasteiger partial charge in [0.2, 0.25) is 10.0 Å². The summed E-state index contributed by atoms with van der Waals surface area (Å²) < 4.78 is 54.6. The van der Waals surface area contributed by atoms with Crippen molar-refractivity contribution in [3.63, 3.8) is 0 Å². The molecule has 1 aliphatic carbocycles. The number of benzene rings is 2. The van der Waals surface area contributed by atoms with Gasteiger partial charge in [0.25, 0.3) is 0 Å². The lowest BCUT2D eigenvalue weighted by Gasteiger charge is -2.28. The third kappa shape index (κ3) is 3.49. The average Bonchev–Trinajstić information content (AvgIpc) is 3.37. The SMILES string of the molecule is CC(C1CC1)N(Cc1ccccc1)S(=O)(=O)c1ccc(F)cc1F. The molecule has 0 bridgehead atoms. The average molecular weight is 351 g/mol. The zero-order valence-electron chi connectivity index (χ0n) is 13.3. The van der Waals surface area contributed by atoms with Gasteiger partial charge in [-0.3, -0.25) is 0 Å². The third-order valence-corrected chi connectivity index (χ3v) is 6.39. The Balaban J connectivity index is 1.99. The Morgan fingerprint density at radius 1 is 1.12 bits per heavy atom. The third-order valence-electron chi connectivity index (χ3n) is 4.42. The molecule has 2 aromatic carbocycles. The van der Waals surface area contributed by atoms with Crippen molar-refractivity contribution in [2.24, 2.45) is 5.92 Å². The number of halogens is 2. The van der Waals surface area contributed by atoms with Crippen molar-refractivity contribution in [3.8, 4) is 0 Å². The molecule has 1 saturated carbocycles. The molecule has 2 aromatic rings. The molecular formula is C18H19F2NO2S. The molecule has 0 radical (unpaired) electrons. The van der Waals surface area contributed by atoms with Crippen molar-refractivity contribution >= 4 is 10.0 Å². The lowest BCUT2D eigenvalue weighted by atomic mass is 10.2. The number of hydrogen-bond acceptors (Lipinski definition) is 2. The summed E-state index contributed by atoms with van der Waals surface area (Å²) in [4.78, 5) is -0.479. The molecule has 1 aliphatic rings. The van der Waals surface area contributed by atoms with E-state index in [1.165, 1.54) is 4.31 Å². The Labute approximate surface area is 141 Å². The Kier molecular flexibility index (Phi) is 4.69. The molecule has 0 spiro atoms. The van der Waals surface area contributed by atoms with Crippen molar-refractivity contribution in [1.29, 1.82) is 0 Å². The first-order valence-electron chi connectivity index (χ1n) is 7.90. The summed E-state index contributed by atoms with van der Waals surface area (Å²) in [5.41, 5.74) is 0.830. The van der Waals surface area contributed by atoms with Crippen LogP contribution < -0.4 is 0 Å². The van der Waals surface area contributed by atoms with Gasteiger partial charge in [-0.1, -0.05) is 30.3 Å². The fraction of sp³-hybridized carbons (Fsp3) is 0.333. The lowest BCUT2D eigenvalue weighted by Crippen LogP contribution is -2.39. The maximum atomic E-state index is 14.1. The van der Waals surface area contributed by atoms with E-state index < -0.39 is 26.6 Å². The van der Waals surface area contributed by atoms with Gasteiger partial charge in [0.15, 0.2) is 0 Å². The lowest BCUT2D eigenvalue weighted by molar-refractivity contribution is 0.301. The minimum atomic E-state index is -4.06. The minimum Gasteiger partial charge on any atom is -0.207 e. The molecule has 1 unspecified atom stereocenters. The summed E-state index contributed by atoms with van der Waals surface area (Å²) in [6.45, 7) is 2.01. The highest BCUT2D eigenvalue weighted by Crippen LogP contribution is 2.38. The molecule has 3 nitrogen and oxygen atoms in total. The summed E-state index contributed by atoms with van der Waals surface area (Å²) in [5.74, 6) is -1.57. The molecule has 1 atom stereocenters. The van der Waals surface area contributed by atoms with Crippen LogP contribution in [0.25, 0.3) is 0 Å². The molecule has 0 saturated heterocycles. The Bertz CT molecular complexity index is 820. The van der Waals surface area contributed by atoms with Gasteiger partial charge in [-0.2, -0.15) is 4.31 Å². The van der Waals surface area contributed by atoms with Crippen molar-refractivity contribution in [2.45, 2.75) is 37.2 Å². The van der Waals surface area contributed by atoms with Gasteiger partial charge in [-0.25, -0.2) is 17.2 Å². The van der Waals surface area contributed by atoms with E-state index in [0.29, 0.717) is 6.07 Å². The molecule has 128 valence electrons. The van der Waals surface area contributed by atoms with Crippen LogP contribution in [-0.4, -0.2) is 18.8 Å². The molecule has 0 heterocycles. The predicted octanol–water partition coefficient (Wildman–Crippen LogP) is 3.95. The number of rotatable bonds is 6. The highest BCUT2D eigenvalue weighted by Gasteiger charge is 2.39. The molecule has 24 heavy (non-hydrogen) atoms. The van der Waals surface area contributed by atoms with E-state index in [2.05, 4.69) is 0 Å². The van der Waals surface area contributed by atoms with Gasteiger partial charge >= 0.3 is 0 Å². The molecule has 0 N–H and O–H groups in total. The minimum absolute atomic E-state index is 0.164. The summed E-state index contributed by atoms with van der Waals surface area (Å²) in [7, 11) is -4.06. The van der Waals surface area contributed by atoms with Crippen LogP contribution in [0.4, 0.5) is 8.78 Å². The molecule has 0 aromatic heterocycles. The molecule has 0 aliphatic heterocycles. The molecular weight excluding hydrogens is 332 g/mol. The quantitative estimate of drug-likeness (QED) is 0.790. The summed E-state index contributed by atoms with van der Waals surface area (Å²) in [6, 6.07) is 11.5. The highest BCUT2D eigenvalue weighted by molar-refractivity contribution is 7.89. The normalized spacial score (nSPS) is 16.3. The topological polar surface area (TPSA) is 37.4 Å². The van der Waals surface area contributed by atoms with Crippen LogP contribution >= 0.6 is 0 Å². The zero-order chi connectivity index (χ0) is 17.3. The van der Waals surface area contributed by atoms with Crippen LogP contribution in [0.1, 0.15) is 25.3 Å². The van der Waals surface area contributed by atoms with Gasteiger partial charge in [-0.15, -0.1) is 0 Å². The van der Waals surface area contributed by atoms with E-state index in [1.807, 2.05) is 37.3 Å². The van der Waals surface area contributed by atoms with E-state index in [0.717, 1.165) is 30.5 Å². The first kappa shape index (κ1) is 17.0. The van der Waals surface area contributed by atoms with Gasteiger partial charge in [-0.05, 0) is 43.4 Å². The van der Waals surface area contributed by atoms with E-state index in [9.17, 15) is 17.2 Å². The standard InChI is InChI=1S/C18H19F2NO2S/c1-13(15-7-8-15)21(12-14-5-3-2-4-6-14)24(22,23)18-10-9-16(19)11-17(18)20/h2-6,9-11,13,15H,7-8,12H2,1H3. The van der Waals surface area contributed by atoms with Crippen molar-refractivity contribution in [1.82, 2.24) is 4.31 Å². The summed E-state index contributed by atoms with van der Waals surface area (Å²) in [6.07, 6.45) is 1.93. The van der Waals surface area contributed by atoms with Crippen LogP contribution in [0, 0.1) is 17.6 Å². The largest absolute Gasteiger partial charge is 0.246 e. The summed E-state index contributed by atoms with van der Waals surface area (Å²) in [5, 5.41) is 0. The van der Waals surface area contributed by atoms with E-state index in [-0.39, 0.29) is 18.5 Å². The van der Waals surface area contributed by atoms with Crippen LogP contribution in [0.5, 0.6) is 0 Å². The molecule has 3 rings (SSSR count). The van der Waals surface area contributed by atoms with Gasteiger partial charge in [0.1, 0.15) is 16.5 Å². The Hall–Kier alpha value is -1.79. The molecule has 6 heteroatoms. The highest BCUT2D eigenvalue weighted by atomic mass is 32.2. The molecule has 1 fully saturated rings. The van der Waals surface area contributed by atoms with Gasteiger partial charge in [0.05, 0.1) is 0 Å². The van der Waals surface area contributed by atoms with Crippen molar-refractivity contribution < 1.29 is 17.2 Å². The molecule has 0 amide bonds. The first-order valence-corrected chi connectivity index (χ1v) is 9.34. The smallest absolute Gasteiger partial charge is 0.207 e. The van der Waals surface area contributed by atoms with Crippen molar-refractivity contribution in [2.75, 3.05) is 0 Å². The predicted molar refractivity (Wildman–Crippen MR) is 87.7 cm³/mol. The van der Waals surface area contributed by atoms with E-state index in [1.54, 1.807) is 0 Å². The zero-order valence-corrected chi connectivity index (χ0v) is 14.1. The fourth-order valence-electron chi connectivity index (χ4n) is 2.84. The van der Waals surface area contributed by atoms with E-state index >= 15 is 0 Å². The van der Waals surface area contributed by atoms with Crippen LogP contribution in [0.2, 0.25) is 0 Å². The van der Waals surface area contributed by atoms with Crippen LogP contribution in [0.3, 0.4) is 0 Å². The second-order valence-corrected chi connectivity index (χ2v) is 8.05. The second-order valence-electron chi connectivity index (χ2n) is 6.19. The summed E-state index contributed by atoms with van der Waals surface area (Å²) >= 11 is 0. The Morgan fingerprint density at radius 2 is 1.79 bits per heavy atom. The first-order chi connectivity index (χ1) is 11.4. The number of hydrogen-bond donors (Lipinski definition) is 0. The fourth-order valence-corrected chi connectivity index (χ4v) is 4.56. The van der Waals surface area contributed by atoms with Gasteiger partial charge in [0, 0.05) is 18.7 Å². The second kappa shape index (κ2) is 6.61. The van der Waals surface area contributed by atoms with Crippen LogP contribution in [-0.2, 0) is 16.6 Å². The number of nitrogens with zero attached hydrogens (tertiary/aromatic N) is 1. The number of sulfonamides is 1. The maximum Gasteiger partial charge on any atom is 0.246 e. The van der Waals surface area contributed by atoms with Crippen molar-refractivity contribution in [3.05, 3.63) is 65.7 Å². The Morgan fingerprint density at radius 3 is 2.38 bits per heavy atom. The van der Waals surface area contributed by atoms with Crippen LogP contribution in [0.15, 0.2) is 53.4 Å². The van der Waals surface area contributed by atoms with Gasteiger partial charge < -0.3 is 0 Å². The van der Waals surface area contributed by atoms with E-state index in [4.69, 9.17) is 0 Å². The monoisotopic (exact) mass is 351 g/mol. The maximum absolute atomic E-state index is 14.1.